The van der Waals surface area contributed by atoms with E-state index in [2.05, 4.69) is 26.8 Å². The minimum Gasteiger partial charge on any atom is -0.481 e. The largest absolute Gasteiger partial charge is 0.481 e. The second-order valence-electron chi connectivity index (χ2n) is 4.16. The zero-order valence-electron chi connectivity index (χ0n) is 10.3. The normalized spacial score (nSPS) is 10.4. The molecule has 1 N–H and O–H groups in total. The van der Waals surface area contributed by atoms with E-state index < -0.39 is 5.97 Å². The summed E-state index contributed by atoms with van der Waals surface area (Å²) in [5.41, 5.74) is 4.83. The summed E-state index contributed by atoms with van der Waals surface area (Å²) in [6, 6.07) is 4.04. The minimum absolute atomic E-state index is 0.139. The third kappa shape index (κ3) is 2.84. The van der Waals surface area contributed by atoms with Gasteiger partial charge in [-0.15, -0.1) is 0 Å². The number of rotatable bonds is 5. The van der Waals surface area contributed by atoms with Crippen molar-refractivity contribution >= 4 is 5.97 Å². The van der Waals surface area contributed by atoms with Crippen molar-refractivity contribution in [1.29, 1.82) is 0 Å². The Bertz CT molecular complexity index is 381. The summed E-state index contributed by atoms with van der Waals surface area (Å²) in [5, 5.41) is 8.88. The molecule has 0 aliphatic carbocycles. The van der Waals surface area contributed by atoms with Crippen molar-refractivity contribution in [2.24, 2.45) is 0 Å². The van der Waals surface area contributed by atoms with E-state index in [1.807, 2.05) is 6.07 Å². The molecular weight excluding hydrogens is 200 g/mol. The van der Waals surface area contributed by atoms with Crippen molar-refractivity contribution in [3.8, 4) is 0 Å². The molecule has 1 aromatic rings. The Labute approximate surface area is 97.3 Å². The predicted octanol–water partition coefficient (Wildman–Crippen LogP) is 3.14. The molecule has 0 aromatic heterocycles. The van der Waals surface area contributed by atoms with Crippen molar-refractivity contribution in [1.82, 2.24) is 0 Å². The molecule has 2 heteroatoms. The number of carbonyl (C=O) groups is 1. The average Bonchev–Trinajstić information content (AvgIpc) is 2.23. The third-order valence-electron chi connectivity index (χ3n) is 3.03. The lowest BCUT2D eigenvalue weighted by Gasteiger charge is -2.14. The van der Waals surface area contributed by atoms with E-state index in [1.165, 1.54) is 16.7 Å². The van der Waals surface area contributed by atoms with Crippen molar-refractivity contribution in [2.45, 2.75) is 46.5 Å². The molecule has 0 aliphatic rings. The maximum atomic E-state index is 10.8. The summed E-state index contributed by atoms with van der Waals surface area (Å²) in [5.74, 6) is -0.749. The van der Waals surface area contributed by atoms with Gasteiger partial charge in [-0.05, 0) is 42.0 Å². The van der Waals surface area contributed by atoms with Crippen LogP contribution >= 0.6 is 0 Å². The average molecular weight is 220 g/mol. The maximum Gasteiger partial charge on any atom is 0.307 e. The highest BCUT2D eigenvalue weighted by atomic mass is 16.4. The molecule has 0 radical (unpaired) electrons. The molecule has 1 rings (SSSR count). The Balaban J connectivity index is 3.17. The Morgan fingerprint density at radius 3 is 2.38 bits per heavy atom. The first-order valence-electron chi connectivity index (χ1n) is 5.92. The standard InChI is InChI=1S/C14H20O2/c1-4-6-13-10(3)11(5-2)7-8-12(13)9-14(15)16/h7-8H,4-6,9H2,1-3H3,(H,15,16). The fourth-order valence-electron chi connectivity index (χ4n) is 2.17. The molecule has 0 bridgehead atoms. The summed E-state index contributed by atoms with van der Waals surface area (Å²) in [4.78, 5) is 10.8. The monoisotopic (exact) mass is 220 g/mol. The van der Waals surface area contributed by atoms with Crippen molar-refractivity contribution in [2.75, 3.05) is 0 Å². The van der Waals surface area contributed by atoms with E-state index >= 15 is 0 Å². The summed E-state index contributed by atoms with van der Waals surface area (Å²) < 4.78 is 0. The van der Waals surface area contributed by atoms with Crippen LogP contribution in [-0.2, 0) is 24.1 Å². The molecule has 0 unspecified atom stereocenters. The topological polar surface area (TPSA) is 37.3 Å². The van der Waals surface area contributed by atoms with E-state index in [4.69, 9.17) is 5.11 Å². The Morgan fingerprint density at radius 1 is 1.25 bits per heavy atom. The molecule has 0 heterocycles. The molecule has 0 saturated heterocycles. The minimum atomic E-state index is -0.749. The van der Waals surface area contributed by atoms with Gasteiger partial charge in [0.15, 0.2) is 0 Å². The maximum absolute atomic E-state index is 10.8. The lowest BCUT2D eigenvalue weighted by Crippen LogP contribution is -2.06. The quantitative estimate of drug-likeness (QED) is 0.827. The highest BCUT2D eigenvalue weighted by molar-refractivity contribution is 5.71. The first-order valence-corrected chi connectivity index (χ1v) is 5.92. The number of aliphatic carboxylic acids is 1. The summed E-state index contributed by atoms with van der Waals surface area (Å²) in [6.45, 7) is 6.37. The smallest absolute Gasteiger partial charge is 0.307 e. The molecule has 0 atom stereocenters. The van der Waals surface area contributed by atoms with Gasteiger partial charge in [-0.25, -0.2) is 0 Å². The van der Waals surface area contributed by atoms with Gasteiger partial charge in [0, 0.05) is 0 Å². The number of carboxylic acid groups (broad SMARTS) is 1. The third-order valence-corrected chi connectivity index (χ3v) is 3.03. The van der Waals surface area contributed by atoms with E-state index in [0.29, 0.717) is 0 Å². The van der Waals surface area contributed by atoms with Gasteiger partial charge < -0.3 is 5.11 Å². The fourth-order valence-corrected chi connectivity index (χ4v) is 2.17. The first-order chi connectivity index (χ1) is 7.60. The van der Waals surface area contributed by atoms with Crippen LogP contribution in [0, 0.1) is 6.92 Å². The van der Waals surface area contributed by atoms with Gasteiger partial charge in [0.1, 0.15) is 0 Å². The lowest BCUT2D eigenvalue weighted by molar-refractivity contribution is -0.136. The fraction of sp³-hybridized carbons (Fsp3) is 0.500. The van der Waals surface area contributed by atoms with Crippen LogP contribution in [0.5, 0.6) is 0 Å². The zero-order valence-corrected chi connectivity index (χ0v) is 10.3. The molecular formula is C14H20O2. The van der Waals surface area contributed by atoms with Gasteiger partial charge in [0.25, 0.3) is 0 Å². The number of benzene rings is 1. The summed E-state index contributed by atoms with van der Waals surface area (Å²) in [6.07, 6.45) is 3.18. The van der Waals surface area contributed by atoms with Crippen LogP contribution in [0.25, 0.3) is 0 Å². The van der Waals surface area contributed by atoms with E-state index in [9.17, 15) is 4.79 Å². The van der Waals surface area contributed by atoms with Crippen LogP contribution in [0.1, 0.15) is 42.5 Å². The second-order valence-corrected chi connectivity index (χ2v) is 4.16. The molecule has 1 aromatic carbocycles. The van der Waals surface area contributed by atoms with Crippen LogP contribution < -0.4 is 0 Å². The van der Waals surface area contributed by atoms with Gasteiger partial charge >= 0.3 is 5.97 Å². The molecule has 88 valence electrons. The van der Waals surface area contributed by atoms with Gasteiger partial charge in [-0.3, -0.25) is 4.79 Å². The van der Waals surface area contributed by atoms with Gasteiger partial charge in [0.05, 0.1) is 6.42 Å². The van der Waals surface area contributed by atoms with Crippen molar-refractivity contribution in [3.63, 3.8) is 0 Å². The second kappa shape index (κ2) is 5.69. The lowest BCUT2D eigenvalue weighted by atomic mass is 9.91. The summed E-state index contributed by atoms with van der Waals surface area (Å²) >= 11 is 0. The molecule has 0 spiro atoms. The van der Waals surface area contributed by atoms with Crippen LogP contribution in [0.4, 0.5) is 0 Å². The predicted molar refractivity (Wildman–Crippen MR) is 65.9 cm³/mol. The van der Waals surface area contributed by atoms with Crippen molar-refractivity contribution < 1.29 is 9.90 Å². The van der Waals surface area contributed by atoms with Crippen LogP contribution in [0.3, 0.4) is 0 Å². The molecule has 0 saturated carbocycles. The Kier molecular flexibility index (Phi) is 4.53. The number of carboxylic acids is 1. The molecule has 0 fully saturated rings. The van der Waals surface area contributed by atoms with Gasteiger partial charge in [0.2, 0.25) is 0 Å². The number of aryl methyl sites for hydroxylation is 1. The number of hydrogen-bond acceptors (Lipinski definition) is 1. The van der Waals surface area contributed by atoms with E-state index in [1.54, 1.807) is 0 Å². The molecule has 2 nitrogen and oxygen atoms in total. The highest BCUT2D eigenvalue weighted by Gasteiger charge is 2.10. The van der Waals surface area contributed by atoms with Crippen LogP contribution in [-0.4, -0.2) is 11.1 Å². The van der Waals surface area contributed by atoms with Crippen molar-refractivity contribution in [3.05, 3.63) is 34.4 Å². The Hall–Kier alpha value is -1.31. The Morgan fingerprint density at radius 2 is 1.88 bits per heavy atom. The number of hydrogen-bond donors (Lipinski definition) is 1. The highest BCUT2D eigenvalue weighted by Crippen LogP contribution is 2.21. The van der Waals surface area contributed by atoms with Gasteiger partial charge in [-0.1, -0.05) is 32.4 Å². The first kappa shape index (κ1) is 12.8. The molecule has 0 aliphatic heterocycles. The van der Waals surface area contributed by atoms with Gasteiger partial charge in [-0.2, -0.15) is 0 Å². The summed E-state index contributed by atoms with van der Waals surface area (Å²) in [7, 11) is 0. The van der Waals surface area contributed by atoms with Crippen LogP contribution in [0.15, 0.2) is 12.1 Å². The van der Waals surface area contributed by atoms with Crippen LogP contribution in [0.2, 0.25) is 0 Å². The molecule has 0 amide bonds. The SMILES string of the molecule is CCCc1c(CC(=O)O)ccc(CC)c1C. The molecule has 16 heavy (non-hydrogen) atoms. The van der Waals surface area contributed by atoms with E-state index in [-0.39, 0.29) is 6.42 Å². The van der Waals surface area contributed by atoms with E-state index in [0.717, 1.165) is 24.8 Å². The zero-order chi connectivity index (χ0) is 12.1.